The van der Waals surface area contributed by atoms with Crippen molar-refractivity contribution in [2.75, 3.05) is 20.2 Å². The summed E-state index contributed by atoms with van der Waals surface area (Å²) in [6.07, 6.45) is 5.24. The van der Waals surface area contributed by atoms with E-state index in [1.54, 1.807) is 7.11 Å². The highest BCUT2D eigenvalue weighted by Gasteiger charge is 2.03. The van der Waals surface area contributed by atoms with Gasteiger partial charge in [-0.2, -0.15) is 0 Å². The van der Waals surface area contributed by atoms with Gasteiger partial charge >= 0.3 is 0 Å². The summed E-state index contributed by atoms with van der Waals surface area (Å²) in [5.41, 5.74) is 1.11. The second-order valence-corrected chi connectivity index (χ2v) is 3.84. The highest BCUT2D eigenvalue weighted by atomic mass is 16.5. The first-order valence-corrected chi connectivity index (χ1v) is 5.65. The lowest BCUT2D eigenvalue weighted by Crippen LogP contribution is -2.29. The molecule has 3 nitrogen and oxygen atoms in total. The SMILES string of the molecule is C#CCNCC(C)Oc1cccc(COC)c1. The number of hydrogen-bond acceptors (Lipinski definition) is 3. The van der Waals surface area contributed by atoms with Gasteiger partial charge in [0.2, 0.25) is 0 Å². The van der Waals surface area contributed by atoms with Crippen LogP contribution in [0.1, 0.15) is 12.5 Å². The molecule has 0 amide bonds. The Balaban J connectivity index is 2.44. The Morgan fingerprint density at radius 3 is 3.00 bits per heavy atom. The zero-order chi connectivity index (χ0) is 12.5. The van der Waals surface area contributed by atoms with Gasteiger partial charge < -0.3 is 14.8 Å². The number of ether oxygens (including phenoxy) is 2. The minimum absolute atomic E-state index is 0.0844. The number of methoxy groups -OCH3 is 1. The van der Waals surface area contributed by atoms with Crippen LogP contribution in [-0.2, 0) is 11.3 Å². The van der Waals surface area contributed by atoms with Crippen molar-refractivity contribution in [1.82, 2.24) is 5.32 Å². The van der Waals surface area contributed by atoms with Crippen LogP contribution in [0.15, 0.2) is 24.3 Å². The third kappa shape index (κ3) is 5.39. The lowest BCUT2D eigenvalue weighted by molar-refractivity contribution is 0.183. The standard InChI is InChI=1S/C14H19NO2/c1-4-8-15-10-12(2)17-14-7-5-6-13(9-14)11-16-3/h1,5-7,9,12,15H,8,10-11H2,2-3H3. The van der Waals surface area contributed by atoms with Crippen molar-refractivity contribution in [3.05, 3.63) is 29.8 Å². The van der Waals surface area contributed by atoms with E-state index in [0.29, 0.717) is 13.2 Å². The molecule has 0 heterocycles. The van der Waals surface area contributed by atoms with E-state index < -0.39 is 0 Å². The Labute approximate surface area is 103 Å². The van der Waals surface area contributed by atoms with Gasteiger partial charge in [0.15, 0.2) is 0 Å². The zero-order valence-corrected chi connectivity index (χ0v) is 10.4. The first-order valence-electron chi connectivity index (χ1n) is 5.65. The third-order valence-corrected chi connectivity index (χ3v) is 2.21. The van der Waals surface area contributed by atoms with Gasteiger partial charge in [-0.1, -0.05) is 18.1 Å². The molecule has 0 aliphatic heterocycles. The van der Waals surface area contributed by atoms with Crippen molar-refractivity contribution in [3.63, 3.8) is 0 Å². The summed E-state index contributed by atoms with van der Waals surface area (Å²) < 4.78 is 10.8. The monoisotopic (exact) mass is 233 g/mol. The molecule has 0 saturated carbocycles. The van der Waals surface area contributed by atoms with Gasteiger partial charge in [0.1, 0.15) is 11.9 Å². The van der Waals surface area contributed by atoms with Crippen LogP contribution in [0.3, 0.4) is 0 Å². The van der Waals surface area contributed by atoms with Crippen LogP contribution in [0.4, 0.5) is 0 Å². The first-order chi connectivity index (χ1) is 8.26. The number of benzene rings is 1. The second kappa shape index (κ2) is 7.72. The van der Waals surface area contributed by atoms with Crippen LogP contribution in [0.5, 0.6) is 5.75 Å². The van der Waals surface area contributed by atoms with Crippen LogP contribution in [0.2, 0.25) is 0 Å². The maximum absolute atomic E-state index is 5.76. The maximum Gasteiger partial charge on any atom is 0.120 e. The van der Waals surface area contributed by atoms with Gasteiger partial charge in [-0.3, -0.25) is 0 Å². The quantitative estimate of drug-likeness (QED) is 0.575. The molecule has 17 heavy (non-hydrogen) atoms. The number of hydrogen-bond donors (Lipinski definition) is 1. The average molecular weight is 233 g/mol. The molecule has 0 spiro atoms. The van der Waals surface area contributed by atoms with E-state index in [4.69, 9.17) is 15.9 Å². The summed E-state index contributed by atoms with van der Waals surface area (Å²) in [5, 5.41) is 3.11. The summed E-state index contributed by atoms with van der Waals surface area (Å²) in [5.74, 6) is 3.39. The van der Waals surface area contributed by atoms with Crippen molar-refractivity contribution in [1.29, 1.82) is 0 Å². The summed E-state index contributed by atoms with van der Waals surface area (Å²) >= 11 is 0. The lowest BCUT2D eigenvalue weighted by Gasteiger charge is -2.15. The predicted molar refractivity (Wildman–Crippen MR) is 68.9 cm³/mol. The van der Waals surface area contributed by atoms with Crippen LogP contribution in [-0.4, -0.2) is 26.3 Å². The highest BCUT2D eigenvalue weighted by molar-refractivity contribution is 5.28. The predicted octanol–water partition coefficient (Wildman–Crippen LogP) is 1.82. The molecule has 0 radical (unpaired) electrons. The first kappa shape index (κ1) is 13.6. The third-order valence-electron chi connectivity index (χ3n) is 2.21. The van der Waals surface area contributed by atoms with Crippen molar-refractivity contribution in [3.8, 4) is 18.1 Å². The molecule has 1 N–H and O–H groups in total. The van der Waals surface area contributed by atoms with Crippen LogP contribution in [0, 0.1) is 12.3 Å². The summed E-state index contributed by atoms with van der Waals surface area (Å²) in [6.45, 7) is 3.91. The molecule has 1 rings (SSSR count). The Kier molecular flexibility index (Phi) is 6.16. The fourth-order valence-corrected chi connectivity index (χ4v) is 1.50. The van der Waals surface area contributed by atoms with Gasteiger partial charge in [0.05, 0.1) is 13.2 Å². The van der Waals surface area contributed by atoms with E-state index >= 15 is 0 Å². The second-order valence-electron chi connectivity index (χ2n) is 3.84. The molecule has 0 aliphatic rings. The van der Waals surface area contributed by atoms with Gasteiger partial charge in [0, 0.05) is 13.7 Å². The fourth-order valence-electron chi connectivity index (χ4n) is 1.50. The van der Waals surface area contributed by atoms with Crippen molar-refractivity contribution < 1.29 is 9.47 Å². The van der Waals surface area contributed by atoms with E-state index in [-0.39, 0.29) is 6.10 Å². The summed E-state index contributed by atoms with van der Waals surface area (Å²) in [6, 6.07) is 7.90. The van der Waals surface area contributed by atoms with Gasteiger partial charge in [-0.15, -0.1) is 6.42 Å². The van der Waals surface area contributed by atoms with Crippen molar-refractivity contribution in [2.24, 2.45) is 0 Å². The molecule has 92 valence electrons. The summed E-state index contributed by atoms with van der Waals surface area (Å²) in [4.78, 5) is 0. The topological polar surface area (TPSA) is 30.5 Å². The molecular formula is C14H19NO2. The number of nitrogens with one attached hydrogen (secondary N) is 1. The fraction of sp³-hybridized carbons (Fsp3) is 0.429. The minimum Gasteiger partial charge on any atom is -0.489 e. The van der Waals surface area contributed by atoms with E-state index in [9.17, 15) is 0 Å². The molecular weight excluding hydrogens is 214 g/mol. The number of rotatable bonds is 7. The Hall–Kier alpha value is -1.50. The molecule has 0 fully saturated rings. The van der Waals surface area contributed by atoms with Crippen LogP contribution in [0.25, 0.3) is 0 Å². The molecule has 1 aromatic carbocycles. The summed E-state index contributed by atoms with van der Waals surface area (Å²) in [7, 11) is 1.68. The molecule has 3 heteroatoms. The zero-order valence-electron chi connectivity index (χ0n) is 10.4. The van der Waals surface area contributed by atoms with Gasteiger partial charge in [-0.05, 0) is 24.6 Å². The highest BCUT2D eigenvalue weighted by Crippen LogP contribution is 2.15. The van der Waals surface area contributed by atoms with E-state index in [2.05, 4.69) is 11.2 Å². The lowest BCUT2D eigenvalue weighted by atomic mass is 10.2. The van der Waals surface area contributed by atoms with Crippen LogP contribution >= 0.6 is 0 Å². The Bertz CT molecular complexity index is 371. The van der Waals surface area contributed by atoms with Crippen molar-refractivity contribution in [2.45, 2.75) is 19.6 Å². The van der Waals surface area contributed by atoms with E-state index in [1.807, 2.05) is 31.2 Å². The molecule has 0 bridgehead atoms. The number of terminal acetylenes is 1. The molecule has 0 aromatic heterocycles. The van der Waals surface area contributed by atoms with Gasteiger partial charge in [-0.25, -0.2) is 0 Å². The van der Waals surface area contributed by atoms with E-state index in [0.717, 1.165) is 17.9 Å². The smallest absolute Gasteiger partial charge is 0.120 e. The normalized spacial score (nSPS) is 11.8. The Morgan fingerprint density at radius 2 is 2.29 bits per heavy atom. The van der Waals surface area contributed by atoms with Crippen LogP contribution < -0.4 is 10.1 Å². The van der Waals surface area contributed by atoms with E-state index in [1.165, 1.54) is 0 Å². The average Bonchev–Trinajstić information content (AvgIpc) is 2.30. The molecule has 0 aliphatic carbocycles. The molecule has 1 atom stereocenters. The molecule has 0 saturated heterocycles. The molecule has 1 unspecified atom stereocenters. The maximum atomic E-state index is 5.76. The minimum atomic E-state index is 0.0844. The molecule has 1 aromatic rings. The largest absolute Gasteiger partial charge is 0.489 e. The van der Waals surface area contributed by atoms with Crippen molar-refractivity contribution >= 4 is 0 Å². The van der Waals surface area contributed by atoms with Gasteiger partial charge in [0.25, 0.3) is 0 Å². The Morgan fingerprint density at radius 1 is 1.47 bits per heavy atom.